The Balaban J connectivity index is 1.15. The van der Waals surface area contributed by atoms with Crippen molar-refractivity contribution in [1.29, 1.82) is 0 Å². The molecule has 4 aliphatic heterocycles. The number of ether oxygens (including phenoxy) is 2. The number of aryl methyl sites for hydroxylation is 1. The van der Waals surface area contributed by atoms with E-state index in [9.17, 15) is 23.1 Å². The number of aliphatic hydroxyl groups is 1. The molecule has 3 fully saturated rings. The van der Waals surface area contributed by atoms with Gasteiger partial charge in [0.15, 0.2) is 0 Å². The van der Waals surface area contributed by atoms with E-state index in [-0.39, 0.29) is 35.8 Å². The highest BCUT2D eigenvalue weighted by Crippen LogP contribution is 2.46. The predicted octanol–water partition coefficient (Wildman–Crippen LogP) is 4.56. The lowest BCUT2D eigenvalue weighted by atomic mass is 9.62. The normalized spacial score (nSPS) is 29.9. The first-order chi connectivity index (χ1) is 26.9. The number of piperazine rings is 1. The van der Waals surface area contributed by atoms with Crippen LogP contribution in [0, 0.1) is 17.8 Å². The average Bonchev–Trinajstić information content (AvgIpc) is 3.18. The van der Waals surface area contributed by atoms with Gasteiger partial charge >= 0.3 is 0 Å². The Morgan fingerprint density at radius 3 is 2.50 bits per heavy atom. The van der Waals surface area contributed by atoms with Crippen LogP contribution in [0.5, 0.6) is 5.75 Å². The number of nitrogens with zero attached hydrogens (tertiary/aromatic N) is 4. The molecule has 1 unspecified atom stereocenters. The molecule has 1 aliphatic carbocycles. The zero-order valence-electron chi connectivity index (χ0n) is 33.1. The van der Waals surface area contributed by atoms with E-state index < -0.39 is 26.8 Å². The average molecular weight is 814 g/mol. The molecule has 5 aliphatic rings. The number of hydrogen-bond donors (Lipinski definition) is 2. The van der Waals surface area contributed by atoms with E-state index in [0.717, 1.165) is 81.8 Å². The SMILES string of the molecule is CC1[C@@H](C)CCC[C@@](O)(CN2CCN(CCN3CCOCC3)C(=O)C2)[C@@H]2CC[C@H]2CN2CCCCc3cc(Cl)ccc3COc3ccc(cc32)C(=O)NS1(=O)=O. The monoisotopic (exact) mass is 813 g/mol. The van der Waals surface area contributed by atoms with Crippen LogP contribution < -0.4 is 14.4 Å². The van der Waals surface area contributed by atoms with Gasteiger partial charge in [-0.15, -0.1) is 0 Å². The highest BCUT2D eigenvalue weighted by atomic mass is 35.5. The van der Waals surface area contributed by atoms with Crippen molar-refractivity contribution in [3.63, 3.8) is 0 Å². The highest BCUT2D eigenvalue weighted by molar-refractivity contribution is 7.90. The van der Waals surface area contributed by atoms with Gasteiger partial charge in [-0.2, -0.15) is 0 Å². The van der Waals surface area contributed by atoms with Crippen molar-refractivity contribution in [2.45, 2.75) is 82.7 Å². The van der Waals surface area contributed by atoms with Gasteiger partial charge in [0.1, 0.15) is 12.4 Å². The number of fused-ring (bicyclic) bond motifs is 3. The van der Waals surface area contributed by atoms with Gasteiger partial charge in [-0.1, -0.05) is 31.0 Å². The summed E-state index contributed by atoms with van der Waals surface area (Å²) in [5.74, 6) is -0.00325. The minimum atomic E-state index is -4.00. The predicted molar refractivity (Wildman–Crippen MR) is 218 cm³/mol. The fourth-order valence-electron chi connectivity index (χ4n) is 9.39. The Morgan fingerprint density at radius 1 is 0.911 bits per heavy atom. The Labute approximate surface area is 337 Å². The van der Waals surface area contributed by atoms with Crippen LogP contribution in [0.25, 0.3) is 0 Å². The van der Waals surface area contributed by atoms with E-state index in [4.69, 9.17) is 21.1 Å². The number of morpholine rings is 1. The van der Waals surface area contributed by atoms with Crippen molar-refractivity contribution in [2.75, 3.05) is 83.6 Å². The molecule has 1 saturated carbocycles. The maximum atomic E-state index is 13.6. The van der Waals surface area contributed by atoms with Crippen molar-refractivity contribution >= 4 is 39.1 Å². The molecule has 2 N–H and O–H groups in total. The van der Waals surface area contributed by atoms with E-state index in [1.54, 1.807) is 25.1 Å². The van der Waals surface area contributed by atoms with Crippen molar-refractivity contribution in [3.05, 3.63) is 58.1 Å². The molecule has 2 aromatic rings. The summed E-state index contributed by atoms with van der Waals surface area (Å²) < 4.78 is 41.5. The highest BCUT2D eigenvalue weighted by Gasteiger charge is 2.48. The number of rotatable bonds is 5. The molecular weight excluding hydrogens is 754 g/mol. The quantitative estimate of drug-likeness (QED) is 0.443. The van der Waals surface area contributed by atoms with Crippen LogP contribution >= 0.6 is 11.6 Å². The number of halogens is 1. The molecule has 2 bridgehead atoms. The molecule has 0 spiro atoms. The van der Waals surface area contributed by atoms with Gasteiger partial charge in [0, 0.05) is 69.5 Å². The molecule has 14 heteroatoms. The number of sulfonamides is 1. The third kappa shape index (κ3) is 9.67. The van der Waals surface area contributed by atoms with E-state index in [1.807, 2.05) is 30.0 Å². The molecule has 2 aromatic carbocycles. The fourth-order valence-corrected chi connectivity index (χ4v) is 10.9. The third-order valence-electron chi connectivity index (χ3n) is 13.3. The number of hydrogen-bond acceptors (Lipinski definition) is 10. The summed E-state index contributed by atoms with van der Waals surface area (Å²) in [4.78, 5) is 35.8. The van der Waals surface area contributed by atoms with Crippen molar-refractivity contribution in [2.24, 2.45) is 17.8 Å². The van der Waals surface area contributed by atoms with E-state index in [2.05, 4.69) is 19.4 Å². The number of carbonyl (C=O) groups excluding carboxylic acids is 2. The van der Waals surface area contributed by atoms with Crippen LogP contribution in [0.4, 0.5) is 5.69 Å². The maximum absolute atomic E-state index is 13.6. The molecule has 7 rings (SSSR count). The lowest BCUT2D eigenvalue weighted by Crippen LogP contribution is -2.60. The molecular formula is C42H60ClN5O7S. The first-order valence-electron chi connectivity index (χ1n) is 20.8. The number of β-amino-alcohol motifs (C(OH)–C–C–N with tert-alkyl or cyclic N) is 1. The van der Waals surface area contributed by atoms with Crippen LogP contribution in [0.15, 0.2) is 36.4 Å². The molecule has 56 heavy (non-hydrogen) atoms. The molecule has 0 radical (unpaired) electrons. The van der Waals surface area contributed by atoms with Gasteiger partial charge in [-0.25, -0.2) is 13.1 Å². The molecule has 2 amide bonds. The largest absolute Gasteiger partial charge is 0.487 e. The second kappa shape index (κ2) is 17.9. The van der Waals surface area contributed by atoms with Crippen molar-refractivity contribution in [3.8, 4) is 5.75 Å². The molecule has 12 nitrogen and oxygen atoms in total. The van der Waals surface area contributed by atoms with Crippen LogP contribution in [0.2, 0.25) is 5.02 Å². The first-order valence-corrected chi connectivity index (χ1v) is 22.7. The van der Waals surface area contributed by atoms with Gasteiger partial charge in [-0.05, 0) is 111 Å². The van der Waals surface area contributed by atoms with E-state index in [0.29, 0.717) is 75.9 Å². The van der Waals surface area contributed by atoms with Crippen molar-refractivity contribution < 1.29 is 32.6 Å². The molecule has 0 aromatic heterocycles. The second-order valence-corrected chi connectivity index (χ2v) is 19.4. The maximum Gasteiger partial charge on any atom is 0.264 e. The first kappa shape index (κ1) is 41.2. The zero-order valence-corrected chi connectivity index (χ0v) is 34.7. The molecule has 5 atom stereocenters. The number of carbonyl (C=O) groups is 2. The zero-order chi connectivity index (χ0) is 39.5. The summed E-state index contributed by atoms with van der Waals surface area (Å²) in [6.45, 7) is 12.0. The van der Waals surface area contributed by atoms with Crippen LogP contribution in [-0.2, 0) is 32.6 Å². The molecule has 308 valence electrons. The summed E-state index contributed by atoms with van der Waals surface area (Å²) in [6, 6.07) is 11.1. The third-order valence-corrected chi connectivity index (χ3v) is 15.4. The van der Waals surface area contributed by atoms with Gasteiger partial charge < -0.3 is 24.4 Å². The lowest BCUT2D eigenvalue weighted by Gasteiger charge is -2.51. The summed E-state index contributed by atoms with van der Waals surface area (Å²) in [6.07, 6.45) is 6.23. The van der Waals surface area contributed by atoms with Crippen LogP contribution in [-0.4, -0.2) is 130 Å². The number of amides is 2. The minimum absolute atomic E-state index is 0.00162. The summed E-state index contributed by atoms with van der Waals surface area (Å²) in [5.41, 5.74) is 2.16. The molecule has 4 heterocycles. The Kier molecular flexibility index (Phi) is 13.2. The Bertz CT molecular complexity index is 1830. The lowest BCUT2D eigenvalue weighted by molar-refractivity contribution is -0.142. The van der Waals surface area contributed by atoms with E-state index >= 15 is 0 Å². The van der Waals surface area contributed by atoms with Gasteiger partial charge in [-0.3, -0.25) is 19.4 Å². The summed E-state index contributed by atoms with van der Waals surface area (Å²) in [5, 5.41) is 12.7. The fraction of sp³-hybridized carbons (Fsp3) is 0.667. The minimum Gasteiger partial charge on any atom is -0.487 e. The molecule has 2 saturated heterocycles. The van der Waals surface area contributed by atoms with Crippen LogP contribution in [0.1, 0.15) is 80.3 Å². The van der Waals surface area contributed by atoms with Gasteiger partial charge in [0.2, 0.25) is 15.9 Å². The smallest absolute Gasteiger partial charge is 0.264 e. The Hall–Kier alpha value is -2.94. The number of nitrogens with one attached hydrogen (secondary N) is 1. The van der Waals surface area contributed by atoms with Gasteiger partial charge in [0.25, 0.3) is 5.91 Å². The Morgan fingerprint density at radius 2 is 1.73 bits per heavy atom. The summed E-state index contributed by atoms with van der Waals surface area (Å²) in [7, 11) is -4.00. The standard InChI is InChI=1S/C42H60ClN5O7S/c1-30-6-5-14-42(51,29-46-17-19-47(40(49)27-46)18-16-45-20-22-54-23-21-45)37-12-9-34(37)26-48-15-4-3-7-32-24-36(43)11-8-35(32)28-55-39-13-10-33(25-38(39)48)41(50)44-56(52,53)31(30)2/h8,10-11,13,24-25,30-31,34,37,51H,3-7,9,12,14-23,26-29H2,1-2H3,(H,44,50)/t30-,31?,34-,37+,42+/m0/s1. The van der Waals surface area contributed by atoms with E-state index in [1.165, 1.54) is 0 Å². The second-order valence-electron chi connectivity index (χ2n) is 16.9. The topological polar surface area (TPSA) is 132 Å². The number of benzene rings is 2. The number of anilines is 1. The summed E-state index contributed by atoms with van der Waals surface area (Å²) >= 11 is 6.39. The van der Waals surface area contributed by atoms with Gasteiger partial charge in [0.05, 0.1) is 36.3 Å². The van der Waals surface area contributed by atoms with Crippen molar-refractivity contribution in [1.82, 2.24) is 19.4 Å². The van der Waals surface area contributed by atoms with Crippen LogP contribution in [0.3, 0.4) is 0 Å².